The average Bonchev–Trinajstić information content (AvgIpc) is 2.69. The predicted molar refractivity (Wildman–Crippen MR) is 61.5 cm³/mol. The molecular formula is C13H9FS. The lowest BCUT2D eigenvalue weighted by Crippen LogP contribution is -1.92. The number of terminal acetylenes is 1. The maximum Gasteiger partial charge on any atom is 0.126 e. The van der Waals surface area contributed by atoms with Gasteiger partial charge in [0.25, 0.3) is 0 Å². The van der Waals surface area contributed by atoms with Crippen LogP contribution in [0.25, 0.3) is 0 Å². The SMILES string of the molecule is C#Cc1sccc1Cc1ccccc1F. The highest BCUT2D eigenvalue weighted by molar-refractivity contribution is 7.10. The summed E-state index contributed by atoms with van der Waals surface area (Å²) in [5.41, 5.74) is 1.71. The number of thiophene rings is 1. The van der Waals surface area contributed by atoms with Crippen LogP contribution in [0.3, 0.4) is 0 Å². The van der Waals surface area contributed by atoms with Gasteiger partial charge >= 0.3 is 0 Å². The van der Waals surface area contributed by atoms with Crippen molar-refractivity contribution in [1.82, 2.24) is 0 Å². The molecule has 0 N–H and O–H groups in total. The van der Waals surface area contributed by atoms with Gasteiger partial charge < -0.3 is 0 Å². The molecule has 2 rings (SSSR count). The highest BCUT2D eigenvalue weighted by atomic mass is 32.1. The summed E-state index contributed by atoms with van der Waals surface area (Å²) in [4.78, 5) is 0.887. The van der Waals surface area contributed by atoms with Crippen LogP contribution in [0.5, 0.6) is 0 Å². The maximum atomic E-state index is 13.4. The Bertz CT molecular complexity index is 505. The highest BCUT2D eigenvalue weighted by Gasteiger charge is 2.06. The van der Waals surface area contributed by atoms with Gasteiger partial charge in [0.2, 0.25) is 0 Å². The first-order valence-electron chi connectivity index (χ1n) is 4.57. The van der Waals surface area contributed by atoms with Gasteiger partial charge in [0, 0.05) is 6.42 Å². The van der Waals surface area contributed by atoms with E-state index in [2.05, 4.69) is 5.92 Å². The quantitative estimate of drug-likeness (QED) is 0.674. The van der Waals surface area contributed by atoms with Crippen LogP contribution in [0.1, 0.15) is 16.0 Å². The van der Waals surface area contributed by atoms with E-state index in [1.165, 1.54) is 17.4 Å². The molecule has 74 valence electrons. The fraction of sp³-hybridized carbons (Fsp3) is 0.0769. The Kier molecular flexibility index (Phi) is 2.84. The van der Waals surface area contributed by atoms with Crippen molar-refractivity contribution in [3.8, 4) is 12.3 Å². The van der Waals surface area contributed by atoms with Crippen molar-refractivity contribution >= 4 is 11.3 Å². The van der Waals surface area contributed by atoms with Crippen LogP contribution >= 0.6 is 11.3 Å². The lowest BCUT2D eigenvalue weighted by Gasteiger charge is -2.01. The van der Waals surface area contributed by atoms with Gasteiger partial charge in [-0.05, 0) is 28.6 Å². The van der Waals surface area contributed by atoms with E-state index in [9.17, 15) is 4.39 Å². The minimum absolute atomic E-state index is 0.174. The average molecular weight is 216 g/mol. The molecule has 0 aliphatic rings. The predicted octanol–water partition coefficient (Wildman–Crippen LogP) is 3.46. The molecule has 0 amide bonds. The van der Waals surface area contributed by atoms with Gasteiger partial charge in [-0.2, -0.15) is 0 Å². The second-order valence-corrected chi connectivity index (χ2v) is 4.10. The van der Waals surface area contributed by atoms with Crippen LogP contribution < -0.4 is 0 Å². The molecular weight excluding hydrogens is 207 g/mol. The molecule has 0 aliphatic carbocycles. The summed E-state index contributed by atoms with van der Waals surface area (Å²) < 4.78 is 13.4. The molecule has 2 aromatic rings. The molecule has 1 heterocycles. The van der Waals surface area contributed by atoms with Gasteiger partial charge in [0.15, 0.2) is 0 Å². The van der Waals surface area contributed by atoms with E-state index in [0.29, 0.717) is 12.0 Å². The van der Waals surface area contributed by atoms with E-state index >= 15 is 0 Å². The molecule has 0 fully saturated rings. The number of hydrogen-bond acceptors (Lipinski definition) is 1. The van der Waals surface area contributed by atoms with Crippen LogP contribution in [0, 0.1) is 18.2 Å². The summed E-state index contributed by atoms with van der Waals surface area (Å²) in [6, 6.07) is 8.73. The van der Waals surface area contributed by atoms with Gasteiger partial charge in [0.05, 0.1) is 4.88 Å². The summed E-state index contributed by atoms with van der Waals surface area (Å²) in [6.07, 6.45) is 5.92. The summed E-state index contributed by atoms with van der Waals surface area (Å²) in [6.45, 7) is 0. The highest BCUT2D eigenvalue weighted by Crippen LogP contribution is 2.20. The fourth-order valence-electron chi connectivity index (χ4n) is 1.45. The second kappa shape index (κ2) is 4.29. The summed E-state index contributed by atoms with van der Waals surface area (Å²) in [5.74, 6) is 2.44. The fourth-order valence-corrected chi connectivity index (χ4v) is 2.18. The minimum atomic E-state index is -0.174. The Balaban J connectivity index is 2.31. The van der Waals surface area contributed by atoms with Crippen molar-refractivity contribution in [2.45, 2.75) is 6.42 Å². The lowest BCUT2D eigenvalue weighted by atomic mass is 10.1. The molecule has 1 aromatic heterocycles. The molecule has 0 bridgehead atoms. The number of benzene rings is 1. The third-order valence-corrected chi connectivity index (χ3v) is 3.10. The summed E-state index contributed by atoms with van der Waals surface area (Å²) in [5, 5.41) is 1.94. The van der Waals surface area contributed by atoms with Gasteiger partial charge in [-0.15, -0.1) is 17.8 Å². The van der Waals surface area contributed by atoms with Gasteiger partial charge in [-0.3, -0.25) is 0 Å². The third kappa shape index (κ3) is 2.08. The molecule has 0 nitrogen and oxygen atoms in total. The van der Waals surface area contributed by atoms with E-state index < -0.39 is 0 Å². The Hall–Kier alpha value is -1.59. The van der Waals surface area contributed by atoms with Gasteiger partial charge in [-0.1, -0.05) is 24.1 Å². The maximum absolute atomic E-state index is 13.4. The van der Waals surface area contributed by atoms with E-state index in [-0.39, 0.29) is 5.82 Å². The van der Waals surface area contributed by atoms with E-state index in [1.54, 1.807) is 12.1 Å². The standard InChI is InChI=1S/C13H9FS/c1-2-13-11(7-8-15-13)9-10-5-3-4-6-12(10)14/h1,3-8H,9H2. The lowest BCUT2D eigenvalue weighted by molar-refractivity contribution is 0.614. The second-order valence-electron chi connectivity index (χ2n) is 3.19. The van der Waals surface area contributed by atoms with E-state index in [1.807, 2.05) is 17.5 Å². The summed E-state index contributed by atoms with van der Waals surface area (Å²) in [7, 11) is 0. The van der Waals surface area contributed by atoms with Crippen LogP contribution in [-0.4, -0.2) is 0 Å². The third-order valence-electron chi connectivity index (χ3n) is 2.22. The Morgan fingerprint density at radius 1 is 1.20 bits per heavy atom. The first kappa shape index (κ1) is 9.95. The van der Waals surface area contributed by atoms with Gasteiger partial charge in [0.1, 0.15) is 5.82 Å². The van der Waals surface area contributed by atoms with Crippen molar-refractivity contribution in [2.75, 3.05) is 0 Å². The van der Waals surface area contributed by atoms with Crippen molar-refractivity contribution in [3.05, 3.63) is 57.5 Å². The van der Waals surface area contributed by atoms with Gasteiger partial charge in [-0.25, -0.2) is 4.39 Å². The summed E-state index contributed by atoms with van der Waals surface area (Å²) >= 11 is 1.52. The van der Waals surface area contributed by atoms with E-state index in [4.69, 9.17) is 6.42 Å². The molecule has 1 aromatic carbocycles. The molecule has 0 saturated carbocycles. The van der Waals surface area contributed by atoms with Crippen LogP contribution in [0.4, 0.5) is 4.39 Å². The molecule has 15 heavy (non-hydrogen) atoms. The van der Waals surface area contributed by atoms with E-state index in [0.717, 1.165) is 10.4 Å². The van der Waals surface area contributed by atoms with Crippen molar-refractivity contribution in [2.24, 2.45) is 0 Å². The van der Waals surface area contributed by atoms with Crippen LogP contribution in [0.15, 0.2) is 35.7 Å². The normalized spacial score (nSPS) is 9.87. The molecule has 2 heteroatoms. The molecule has 0 atom stereocenters. The Labute approximate surface area is 92.4 Å². The molecule has 0 spiro atoms. The largest absolute Gasteiger partial charge is 0.207 e. The van der Waals surface area contributed by atoms with Crippen LogP contribution in [0.2, 0.25) is 0 Å². The number of halogens is 1. The zero-order valence-electron chi connectivity index (χ0n) is 8.03. The molecule has 0 saturated heterocycles. The minimum Gasteiger partial charge on any atom is -0.207 e. The number of hydrogen-bond donors (Lipinski definition) is 0. The molecule has 0 aliphatic heterocycles. The zero-order valence-corrected chi connectivity index (χ0v) is 8.85. The Morgan fingerprint density at radius 2 is 2.00 bits per heavy atom. The molecule has 0 unspecified atom stereocenters. The molecule has 0 radical (unpaired) electrons. The zero-order chi connectivity index (χ0) is 10.7. The number of rotatable bonds is 2. The Morgan fingerprint density at radius 3 is 2.73 bits per heavy atom. The first-order chi connectivity index (χ1) is 7.31. The monoisotopic (exact) mass is 216 g/mol. The van der Waals surface area contributed by atoms with Crippen LogP contribution in [-0.2, 0) is 6.42 Å². The first-order valence-corrected chi connectivity index (χ1v) is 5.45. The topological polar surface area (TPSA) is 0 Å². The van der Waals surface area contributed by atoms with Crippen molar-refractivity contribution in [1.29, 1.82) is 0 Å². The smallest absolute Gasteiger partial charge is 0.126 e. The van der Waals surface area contributed by atoms with Crippen molar-refractivity contribution in [3.63, 3.8) is 0 Å². The van der Waals surface area contributed by atoms with Crippen molar-refractivity contribution < 1.29 is 4.39 Å².